The van der Waals surface area contributed by atoms with E-state index in [1.54, 1.807) is 26.0 Å². The molecule has 0 unspecified atom stereocenters. The zero-order valence-corrected chi connectivity index (χ0v) is 20.1. The van der Waals surface area contributed by atoms with E-state index in [9.17, 15) is 18.3 Å². The Morgan fingerprint density at radius 3 is 1.87 bits per heavy atom. The van der Waals surface area contributed by atoms with Gasteiger partial charge in [0.2, 0.25) is 0 Å². The van der Waals surface area contributed by atoms with Gasteiger partial charge in [0.15, 0.2) is 15.6 Å². The second-order valence-electron chi connectivity index (χ2n) is 8.93. The standard InChI is InChI=1S/C24H31ClO4S/c1-15(2)21-11-18(25)12-22(16(3)4)23(21)13-19(26)14-30(28,29)20-9-7-17(8-10-20)24(5,6)27/h7-12,15-16,27H,13-14H2,1-6H3. The fourth-order valence-electron chi connectivity index (χ4n) is 3.53. The van der Waals surface area contributed by atoms with Crippen LogP contribution in [0.5, 0.6) is 0 Å². The average Bonchev–Trinajstić information content (AvgIpc) is 2.61. The Labute approximate surface area is 185 Å². The lowest BCUT2D eigenvalue weighted by molar-refractivity contribution is -0.116. The Hall–Kier alpha value is -1.69. The summed E-state index contributed by atoms with van der Waals surface area (Å²) in [6.07, 6.45) is 0.0547. The third-order valence-electron chi connectivity index (χ3n) is 5.17. The van der Waals surface area contributed by atoms with Crippen molar-refractivity contribution >= 4 is 27.2 Å². The third kappa shape index (κ3) is 5.93. The molecular weight excluding hydrogens is 420 g/mol. The van der Waals surface area contributed by atoms with Gasteiger partial charge in [-0.25, -0.2) is 8.42 Å². The van der Waals surface area contributed by atoms with Crippen LogP contribution in [0.15, 0.2) is 41.3 Å². The SMILES string of the molecule is CC(C)c1cc(Cl)cc(C(C)C)c1CC(=O)CS(=O)(=O)c1ccc(C(C)(C)O)cc1. The highest BCUT2D eigenvalue weighted by Gasteiger charge is 2.24. The molecule has 30 heavy (non-hydrogen) atoms. The molecule has 2 rings (SSSR count). The lowest BCUT2D eigenvalue weighted by Gasteiger charge is -2.20. The van der Waals surface area contributed by atoms with Crippen molar-refractivity contribution in [1.29, 1.82) is 0 Å². The summed E-state index contributed by atoms with van der Waals surface area (Å²) in [5, 5.41) is 10.7. The van der Waals surface area contributed by atoms with Crippen molar-refractivity contribution in [2.45, 2.75) is 70.3 Å². The first-order valence-corrected chi connectivity index (χ1v) is 12.1. The minimum atomic E-state index is -3.77. The van der Waals surface area contributed by atoms with Crippen molar-refractivity contribution in [2.24, 2.45) is 0 Å². The maximum atomic E-state index is 12.8. The maximum absolute atomic E-state index is 12.8. The molecule has 6 heteroatoms. The van der Waals surface area contributed by atoms with E-state index in [0.717, 1.165) is 16.7 Å². The van der Waals surface area contributed by atoms with Gasteiger partial charge < -0.3 is 5.11 Å². The van der Waals surface area contributed by atoms with Crippen molar-refractivity contribution in [3.05, 3.63) is 63.7 Å². The van der Waals surface area contributed by atoms with Crippen molar-refractivity contribution in [1.82, 2.24) is 0 Å². The largest absolute Gasteiger partial charge is 0.386 e. The van der Waals surface area contributed by atoms with Crippen molar-refractivity contribution < 1.29 is 18.3 Å². The number of hydrogen-bond acceptors (Lipinski definition) is 4. The summed E-state index contributed by atoms with van der Waals surface area (Å²) in [5.41, 5.74) is 2.38. The van der Waals surface area contributed by atoms with Crippen LogP contribution in [-0.4, -0.2) is 25.1 Å². The summed E-state index contributed by atoms with van der Waals surface area (Å²) in [7, 11) is -3.77. The monoisotopic (exact) mass is 450 g/mol. The molecule has 0 fully saturated rings. The van der Waals surface area contributed by atoms with Gasteiger partial charge in [-0.1, -0.05) is 51.4 Å². The number of rotatable bonds is 8. The van der Waals surface area contributed by atoms with Crippen LogP contribution in [0.1, 0.15) is 75.6 Å². The number of benzene rings is 2. The molecule has 0 bridgehead atoms. The van der Waals surface area contributed by atoms with Crippen LogP contribution in [0.4, 0.5) is 0 Å². The van der Waals surface area contributed by atoms with E-state index in [-0.39, 0.29) is 28.9 Å². The van der Waals surface area contributed by atoms with Gasteiger partial charge in [0.1, 0.15) is 5.75 Å². The van der Waals surface area contributed by atoms with Crippen LogP contribution in [0.2, 0.25) is 5.02 Å². The average molecular weight is 451 g/mol. The lowest BCUT2D eigenvalue weighted by Crippen LogP contribution is -2.20. The Bertz CT molecular complexity index is 985. The predicted molar refractivity (Wildman–Crippen MR) is 122 cm³/mol. The number of aliphatic hydroxyl groups is 1. The normalized spacial score (nSPS) is 12.6. The number of Topliss-reactive ketones (excluding diaryl/α,β-unsaturated/α-hetero) is 1. The molecule has 2 aromatic rings. The first-order chi connectivity index (χ1) is 13.7. The summed E-state index contributed by atoms with van der Waals surface area (Å²) in [6, 6.07) is 9.76. The van der Waals surface area contributed by atoms with Crippen LogP contribution >= 0.6 is 11.6 Å². The van der Waals surface area contributed by atoms with E-state index in [4.69, 9.17) is 11.6 Å². The molecule has 0 aliphatic heterocycles. The first kappa shape index (κ1) is 24.6. The van der Waals surface area contributed by atoms with Gasteiger partial charge in [0.25, 0.3) is 0 Å². The lowest BCUT2D eigenvalue weighted by atomic mass is 9.86. The molecule has 0 heterocycles. The van der Waals surface area contributed by atoms with Gasteiger partial charge in [-0.05, 0) is 72.2 Å². The smallest absolute Gasteiger partial charge is 0.185 e. The quantitative estimate of drug-likeness (QED) is 0.584. The zero-order chi connectivity index (χ0) is 22.9. The van der Waals surface area contributed by atoms with Gasteiger partial charge >= 0.3 is 0 Å². The Balaban J connectivity index is 2.31. The maximum Gasteiger partial charge on any atom is 0.185 e. The number of hydrogen-bond donors (Lipinski definition) is 1. The number of sulfone groups is 1. The Morgan fingerprint density at radius 1 is 1.00 bits per heavy atom. The number of carbonyl (C=O) groups is 1. The van der Waals surface area contributed by atoms with E-state index < -0.39 is 21.2 Å². The molecule has 0 radical (unpaired) electrons. The number of ketones is 1. The van der Waals surface area contributed by atoms with Crippen molar-refractivity contribution in [2.75, 3.05) is 5.75 Å². The summed E-state index contributed by atoms with van der Waals surface area (Å²) in [4.78, 5) is 12.9. The molecule has 2 aromatic carbocycles. The second-order valence-corrected chi connectivity index (χ2v) is 11.4. The Kier molecular flexibility index (Phi) is 7.54. The topological polar surface area (TPSA) is 71.4 Å². The molecule has 4 nitrogen and oxygen atoms in total. The van der Waals surface area contributed by atoms with E-state index in [2.05, 4.69) is 0 Å². The van der Waals surface area contributed by atoms with E-state index in [1.807, 2.05) is 39.8 Å². The molecule has 1 N–H and O–H groups in total. The van der Waals surface area contributed by atoms with Crippen molar-refractivity contribution in [3.63, 3.8) is 0 Å². The highest BCUT2D eigenvalue weighted by Crippen LogP contribution is 2.32. The fraction of sp³-hybridized carbons (Fsp3) is 0.458. The molecule has 0 aliphatic rings. The van der Waals surface area contributed by atoms with Gasteiger partial charge in [-0.15, -0.1) is 0 Å². The van der Waals surface area contributed by atoms with Gasteiger partial charge in [-0.3, -0.25) is 4.79 Å². The minimum Gasteiger partial charge on any atom is -0.386 e. The fourth-order valence-corrected chi connectivity index (χ4v) is 5.01. The number of carbonyl (C=O) groups excluding carboxylic acids is 1. The molecule has 164 valence electrons. The van der Waals surface area contributed by atoms with E-state index >= 15 is 0 Å². The first-order valence-electron chi connectivity index (χ1n) is 10.1. The Morgan fingerprint density at radius 2 is 1.47 bits per heavy atom. The minimum absolute atomic E-state index is 0.0547. The molecule has 0 aliphatic carbocycles. The molecule has 0 atom stereocenters. The van der Waals surface area contributed by atoms with Crippen molar-refractivity contribution in [3.8, 4) is 0 Å². The van der Waals surface area contributed by atoms with Crippen LogP contribution in [0, 0.1) is 0 Å². The van der Waals surface area contributed by atoms with Crippen LogP contribution < -0.4 is 0 Å². The molecular formula is C24H31ClO4S. The second kappa shape index (κ2) is 9.21. The zero-order valence-electron chi connectivity index (χ0n) is 18.5. The molecule has 0 saturated heterocycles. The van der Waals surface area contributed by atoms with Gasteiger partial charge in [0, 0.05) is 11.4 Å². The molecule has 0 saturated carbocycles. The van der Waals surface area contributed by atoms with E-state index in [1.165, 1.54) is 12.1 Å². The van der Waals surface area contributed by atoms with E-state index in [0.29, 0.717) is 10.6 Å². The highest BCUT2D eigenvalue weighted by atomic mass is 35.5. The summed E-state index contributed by atoms with van der Waals surface area (Å²) in [6.45, 7) is 11.4. The van der Waals surface area contributed by atoms with Crippen LogP contribution in [0.25, 0.3) is 0 Å². The molecule has 0 aromatic heterocycles. The van der Waals surface area contributed by atoms with Gasteiger partial charge in [-0.2, -0.15) is 0 Å². The number of halogens is 1. The highest BCUT2D eigenvalue weighted by molar-refractivity contribution is 7.92. The van der Waals surface area contributed by atoms with Gasteiger partial charge in [0.05, 0.1) is 10.5 Å². The van der Waals surface area contributed by atoms with Crippen LogP contribution in [0.3, 0.4) is 0 Å². The molecule has 0 amide bonds. The van der Waals surface area contributed by atoms with Crippen LogP contribution in [-0.2, 0) is 26.7 Å². The third-order valence-corrected chi connectivity index (χ3v) is 7.08. The summed E-state index contributed by atoms with van der Waals surface area (Å²) < 4.78 is 25.6. The summed E-state index contributed by atoms with van der Waals surface area (Å²) >= 11 is 6.28. The molecule has 0 spiro atoms. The predicted octanol–water partition coefficient (Wildman–Crippen LogP) is 5.40. The summed E-state index contributed by atoms with van der Waals surface area (Å²) in [5.74, 6) is -0.593.